The normalized spacial score (nSPS) is 16.4. The number of nitrogen functional groups attached to an aromatic ring is 1. The molecule has 0 spiro atoms. The topological polar surface area (TPSA) is 75.2 Å². The first-order valence-corrected chi connectivity index (χ1v) is 7.87. The number of benzene rings is 1. The van der Waals surface area contributed by atoms with Crippen molar-refractivity contribution in [3.63, 3.8) is 0 Å². The smallest absolute Gasteiger partial charge is 0.406 e. The molecule has 1 aromatic carbocycles. The Morgan fingerprint density at radius 3 is 2.59 bits per heavy atom. The van der Waals surface area contributed by atoms with Gasteiger partial charge < -0.3 is 15.4 Å². The second-order valence-electron chi connectivity index (χ2n) is 6.10. The summed E-state index contributed by atoms with van der Waals surface area (Å²) in [5.74, 6) is -3.06. The Labute approximate surface area is 151 Å². The van der Waals surface area contributed by atoms with Gasteiger partial charge >= 0.3 is 6.36 Å². The van der Waals surface area contributed by atoms with Crippen molar-refractivity contribution in [2.24, 2.45) is 0 Å². The Balaban J connectivity index is 1.88. The molecule has 0 saturated carbocycles. The van der Waals surface area contributed by atoms with Crippen LogP contribution in [0.1, 0.15) is 17.5 Å². The standard InChI is InChI=1S/C17H15F5N4O/c18-16(19)4-6-26(9-16)14-7-10(3-5-25-14)15(24)12-8-11(1-2-13(12)23)27-17(20,21)22/h1-3,5,7-8,24H,4,6,9,23H2. The highest BCUT2D eigenvalue weighted by Gasteiger charge is 2.38. The molecule has 1 aromatic heterocycles. The molecule has 1 aliphatic rings. The summed E-state index contributed by atoms with van der Waals surface area (Å²) in [6, 6.07) is 6.14. The molecular weight excluding hydrogens is 371 g/mol. The number of nitrogens with one attached hydrogen (secondary N) is 1. The molecule has 27 heavy (non-hydrogen) atoms. The van der Waals surface area contributed by atoms with Crippen LogP contribution >= 0.6 is 0 Å². The second-order valence-corrected chi connectivity index (χ2v) is 6.10. The fourth-order valence-electron chi connectivity index (χ4n) is 2.78. The van der Waals surface area contributed by atoms with Crippen LogP contribution in [0, 0.1) is 5.41 Å². The third-order valence-electron chi connectivity index (χ3n) is 4.06. The van der Waals surface area contributed by atoms with Crippen LogP contribution in [0.5, 0.6) is 5.75 Å². The van der Waals surface area contributed by atoms with Gasteiger partial charge in [0.05, 0.1) is 12.3 Å². The van der Waals surface area contributed by atoms with Gasteiger partial charge in [-0.05, 0) is 30.3 Å². The number of nitrogens with two attached hydrogens (primary N) is 1. The number of alkyl halides is 5. The minimum atomic E-state index is -4.87. The summed E-state index contributed by atoms with van der Waals surface area (Å²) in [4.78, 5) is 5.43. The minimum Gasteiger partial charge on any atom is -0.406 e. The van der Waals surface area contributed by atoms with Gasteiger partial charge in [-0.2, -0.15) is 0 Å². The SMILES string of the molecule is N=C(c1ccnc(N2CCC(F)(F)C2)c1)c1cc(OC(F)(F)F)ccc1N. The first-order valence-electron chi connectivity index (χ1n) is 7.87. The number of halogens is 5. The third kappa shape index (κ3) is 4.44. The van der Waals surface area contributed by atoms with Crippen LogP contribution in [0.25, 0.3) is 0 Å². The molecule has 1 saturated heterocycles. The molecule has 5 nitrogen and oxygen atoms in total. The van der Waals surface area contributed by atoms with Crippen LogP contribution in [0.2, 0.25) is 0 Å². The van der Waals surface area contributed by atoms with Crippen molar-refractivity contribution in [2.75, 3.05) is 23.7 Å². The molecule has 144 valence electrons. The maximum absolute atomic E-state index is 13.4. The second kappa shape index (κ2) is 6.67. The number of hydrogen-bond donors (Lipinski definition) is 2. The zero-order valence-corrected chi connectivity index (χ0v) is 13.9. The number of nitrogens with zero attached hydrogens (tertiary/aromatic N) is 2. The number of pyridine rings is 1. The molecule has 0 unspecified atom stereocenters. The summed E-state index contributed by atoms with van der Waals surface area (Å²) >= 11 is 0. The van der Waals surface area contributed by atoms with Crippen LogP contribution in [0.15, 0.2) is 36.5 Å². The van der Waals surface area contributed by atoms with Crippen LogP contribution in [0.4, 0.5) is 33.5 Å². The van der Waals surface area contributed by atoms with E-state index in [-0.39, 0.29) is 41.3 Å². The van der Waals surface area contributed by atoms with Crippen molar-refractivity contribution in [1.82, 2.24) is 4.98 Å². The Morgan fingerprint density at radius 2 is 1.96 bits per heavy atom. The average molecular weight is 386 g/mol. The predicted octanol–water partition coefficient (Wildman–Crippen LogP) is 3.82. The molecule has 0 atom stereocenters. The molecule has 10 heteroatoms. The van der Waals surface area contributed by atoms with Crippen molar-refractivity contribution in [1.29, 1.82) is 5.41 Å². The number of anilines is 2. The van der Waals surface area contributed by atoms with Crippen molar-refractivity contribution in [3.05, 3.63) is 47.7 Å². The fourth-order valence-corrected chi connectivity index (χ4v) is 2.78. The van der Waals surface area contributed by atoms with Gasteiger partial charge in [0.1, 0.15) is 11.6 Å². The van der Waals surface area contributed by atoms with Crippen LogP contribution in [-0.2, 0) is 0 Å². The highest BCUT2D eigenvalue weighted by molar-refractivity contribution is 6.14. The molecule has 0 radical (unpaired) electrons. The van der Waals surface area contributed by atoms with Crippen LogP contribution in [0.3, 0.4) is 0 Å². The van der Waals surface area contributed by atoms with E-state index in [1.807, 2.05) is 0 Å². The molecule has 0 aliphatic carbocycles. The van der Waals surface area contributed by atoms with Gasteiger partial charge in [0.2, 0.25) is 0 Å². The fraction of sp³-hybridized carbons (Fsp3) is 0.294. The maximum Gasteiger partial charge on any atom is 0.573 e. The van der Waals surface area contributed by atoms with Crippen LogP contribution < -0.4 is 15.4 Å². The summed E-state index contributed by atoms with van der Waals surface area (Å²) in [5.41, 5.74) is 6.01. The Morgan fingerprint density at radius 1 is 1.22 bits per heavy atom. The summed E-state index contributed by atoms with van der Waals surface area (Å²) in [6.07, 6.45) is -3.82. The van der Waals surface area contributed by atoms with E-state index >= 15 is 0 Å². The van der Waals surface area contributed by atoms with Gasteiger partial charge in [-0.15, -0.1) is 13.2 Å². The summed E-state index contributed by atoms with van der Waals surface area (Å²) < 4.78 is 67.9. The lowest BCUT2D eigenvalue weighted by Gasteiger charge is -2.18. The van der Waals surface area contributed by atoms with E-state index in [0.717, 1.165) is 12.1 Å². The van der Waals surface area contributed by atoms with Gasteiger partial charge in [0.25, 0.3) is 5.92 Å². The van der Waals surface area contributed by atoms with E-state index in [4.69, 9.17) is 11.1 Å². The van der Waals surface area contributed by atoms with Crippen molar-refractivity contribution in [3.8, 4) is 5.75 Å². The molecule has 0 bridgehead atoms. The van der Waals surface area contributed by atoms with E-state index in [0.29, 0.717) is 0 Å². The molecule has 0 amide bonds. The first-order chi connectivity index (χ1) is 12.5. The van der Waals surface area contributed by atoms with E-state index in [2.05, 4.69) is 9.72 Å². The van der Waals surface area contributed by atoms with Gasteiger partial charge in [-0.3, -0.25) is 5.41 Å². The summed E-state index contributed by atoms with van der Waals surface area (Å²) in [6.45, 7) is -0.359. The molecule has 1 fully saturated rings. The Hall–Kier alpha value is -2.91. The van der Waals surface area contributed by atoms with E-state index in [9.17, 15) is 22.0 Å². The van der Waals surface area contributed by atoms with Crippen molar-refractivity contribution in [2.45, 2.75) is 18.7 Å². The van der Waals surface area contributed by atoms with E-state index in [1.165, 1.54) is 29.3 Å². The number of ether oxygens (including phenoxy) is 1. The van der Waals surface area contributed by atoms with Gasteiger partial charge in [-0.1, -0.05) is 0 Å². The quantitative estimate of drug-likeness (QED) is 0.476. The monoisotopic (exact) mass is 386 g/mol. The Bertz CT molecular complexity index is 869. The first kappa shape index (κ1) is 18.9. The van der Waals surface area contributed by atoms with E-state index < -0.39 is 24.6 Å². The minimum absolute atomic E-state index is 0.0284. The molecule has 2 aromatic rings. The van der Waals surface area contributed by atoms with Gasteiger partial charge in [0, 0.05) is 36.0 Å². The zero-order chi connectivity index (χ0) is 19.8. The Kier molecular flexibility index (Phi) is 4.66. The maximum atomic E-state index is 13.4. The molecule has 3 N–H and O–H groups in total. The van der Waals surface area contributed by atoms with Crippen LogP contribution in [-0.4, -0.2) is 36.1 Å². The van der Waals surface area contributed by atoms with Crippen molar-refractivity contribution < 1.29 is 26.7 Å². The predicted molar refractivity (Wildman–Crippen MR) is 89.5 cm³/mol. The molecule has 2 heterocycles. The molecular formula is C17H15F5N4O. The lowest BCUT2D eigenvalue weighted by molar-refractivity contribution is -0.274. The number of rotatable bonds is 4. The summed E-state index contributed by atoms with van der Waals surface area (Å²) in [5, 5.41) is 8.27. The highest BCUT2D eigenvalue weighted by atomic mass is 19.4. The zero-order valence-electron chi connectivity index (χ0n) is 13.9. The van der Waals surface area contributed by atoms with Crippen molar-refractivity contribution >= 4 is 17.2 Å². The lowest BCUT2D eigenvalue weighted by Crippen LogP contribution is -2.25. The lowest BCUT2D eigenvalue weighted by atomic mass is 10.0. The number of aromatic nitrogens is 1. The molecule has 3 rings (SSSR count). The average Bonchev–Trinajstić information content (AvgIpc) is 2.95. The summed E-state index contributed by atoms with van der Waals surface area (Å²) in [7, 11) is 0. The largest absolute Gasteiger partial charge is 0.573 e. The van der Waals surface area contributed by atoms with E-state index in [1.54, 1.807) is 0 Å². The van der Waals surface area contributed by atoms with Gasteiger partial charge in [0.15, 0.2) is 0 Å². The highest BCUT2D eigenvalue weighted by Crippen LogP contribution is 2.31. The number of hydrogen-bond acceptors (Lipinski definition) is 5. The molecule has 1 aliphatic heterocycles. The third-order valence-corrected chi connectivity index (χ3v) is 4.06. The van der Waals surface area contributed by atoms with Gasteiger partial charge in [-0.25, -0.2) is 13.8 Å².